The highest BCUT2D eigenvalue weighted by Gasteiger charge is 2.38. The maximum atomic E-state index is 2.61. The van der Waals surface area contributed by atoms with E-state index in [1.165, 1.54) is 32.5 Å². The van der Waals surface area contributed by atoms with E-state index in [4.69, 9.17) is 0 Å². The molecule has 0 spiro atoms. The number of fused-ring (bicyclic) bond motifs is 1. The van der Waals surface area contributed by atoms with Gasteiger partial charge in [0.25, 0.3) is 0 Å². The van der Waals surface area contributed by atoms with Gasteiger partial charge >= 0.3 is 0 Å². The van der Waals surface area contributed by atoms with Crippen LogP contribution in [-0.4, -0.2) is 24.5 Å². The summed E-state index contributed by atoms with van der Waals surface area (Å²) in [5.41, 5.74) is 0. The van der Waals surface area contributed by atoms with E-state index in [-0.39, 0.29) is 0 Å². The molecule has 0 aromatic carbocycles. The van der Waals surface area contributed by atoms with Gasteiger partial charge in [0.05, 0.1) is 0 Å². The SMILES string of the molecule is CCN1CC2CC(C)CC2C1. The largest absolute Gasteiger partial charge is 0.303 e. The van der Waals surface area contributed by atoms with E-state index in [9.17, 15) is 0 Å². The predicted molar refractivity (Wildman–Crippen MR) is 47.5 cm³/mol. The lowest BCUT2D eigenvalue weighted by Crippen LogP contribution is -2.21. The van der Waals surface area contributed by atoms with Crippen LogP contribution in [0.4, 0.5) is 0 Å². The molecular formula is C10H19N. The fraction of sp³-hybridized carbons (Fsp3) is 1.00. The lowest BCUT2D eigenvalue weighted by molar-refractivity contribution is 0.316. The standard InChI is InChI=1S/C10H19N/c1-3-11-6-9-4-8(2)5-10(9)7-11/h8-10H,3-7H2,1-2H3. The van der Waals surface area contributed by atoms with Crippen molar-refractivity contribution in [3.05, 3.63) is 0 Å². The van der Waals surface area contributed by atoms with Crippen molar-refractivity contribution in [2.24, 2.45) is 17.8 Å². The van der Waals surface area contributed by atoms with Crippen LogP contribution in [0.15, 0.2) is 0 Å². The summed E-state index contributed by atoms with van der Waals surface area (Å²) in [4.78, 5) is 2.61. The molecule has 1 aliphatic carbocycles. The van der Waals surface area contributed by atoms with Gasteiger partial charge in [0.1, 0.15) is 0 Å². The molecule has 2 atom stereocenters. The van der Waals surface area contributed by atoms with E-state index < -0.39 is 0 Å². The molecule has 64 valence electrons. The normalized spacial score (nSPS) is 44.7. The van der Waals surface area contributed by atoms with E-state index in [1.54, 1.807) is 0 Å². The third-order valence-corrected chi connectivity index (χ3v) is 3.51. The van der Waals surface area contributed by atoms with Crippen molar-refractivity contribution in [2.45, 2.75) is 26.7 Å². The molecule has 0 bridgehead atoms. The number of hydrogen-bond acceptors (Lipinski definition) is 1. The number of likely N-dealkylation sites (tertiary alicyclic amines) is 1. The van der Waals surface area contributed by atoms with E-state index >= 15 is 0 Å². The third kappa shape index (κ3) is 1.31. The van der Waals surface area contributed by atoms with E-state index in [0.29, 0.717) is 0 Å². The van der Waals surface area contributed by atoms with Crippen LogP contribution < -0.4 is 0 Å². The molecule has 1 heteroatoms. The number of nitrogens with zero attached hydrogens (tertiary/aromatic N) is 1. The summed E-state index contributed by atoms with van der Waals surface area (Å²) in [6.07, 6.45) is 3.00. The van der Waals surface area contributed by atoms with E-state index in [1.807, 2.05) is 0 Å². The first kappa shape index (κ1) is 7.60. The maximum absolute atomic E-state index is 2.61. The fourth-order valence-electron chi connectivity index (χ4n) is 2.96. The Morgan fingerprint density at radius 1 is 1.18 bits per heavy atom. The van der Waals surface area contributed by atoms with Crippen molar-refractivity contribution in [1.29, 1.82) is 0 Å². The third-order valence-electron chi connectivity index (χ3n) is 3.51. The molecule has 1 saturated heterocycles. The van der Waals surface area contributed by atoms with Crippen LogP contribution >= 0.6 is 0 Å². The Bertz CT molecular complexity index is 130. The Morgan fingerprint density at radius 3 is 2.18 bits per heavy atom. The van der Waals surface area contributed by atoms with Gasteiger partial charge in [-0.05, 0) is 37.1 Å². The van der Waals surface area contributed by atoms with Gasteiger partial charge in [-0.3, -0.25) is 0 Å². The zero-order chi connectivity index (χ0) is 7.84. The molecule has 0 N–H and O–H groups in total. The summed E-state index contributed by atoms with van der Waals surface area (Å²) in [5.74, 6) is 3.14. The maximum Gasteiger partial charge on any atom is 0.00129 e. The van der Waals surface area contributed by atoms with Gasteiger partial charge in [-0.1, -0.05) is 13.8 Å². The van der Waals surface area contributed by atoms with Crippen LogP contribution in [0.3, 0.4) is 0 Å². The molecule has 2 rings (SSSR count). The zero-order valence-corrected chi connectivity index (χ0v) is 7.71. The molecule has 0 aromatic heterocycles. The van der Waals surface area contributed by atoms with Crippen molar-refractivity contribution >= 4 is 0 Å². The summed E-state index contributed by atoms with van der Waals surface area (Å²) in [5, 5.41) is 0. The zero-order valence-electron chi connectivity index (χ0n) is 7.71. The highest BCUT2D eigenvalue weighted by Crippen LogP contribution is 2.40. The lowest BCUT2D eigenvalue weighted by Gasteiger charge is -2.14. The average molecular weight is 153 g/mol. The van der Waals surface area contributed by atoms with Gasteiger partial charge in [0.2, 0.25) is 0 Å². The number of rotatable bonds is 1. The molecule has 1 saturated carbocycles. The van der Waals surface area contributed by atoms with Crippen LogP contribution in [0.2, 0.25) is 0 Å². The molecule has 1 nitrogen and oxygen atoms in total. The Labute approximate surface area is 69.8 Å². The summed E-state index contributed by atoms with van der Waals surface area (Å²) in [7, 11) is 0. The second kappa shape index (κ2) is 2.78. The summed E-state index contributed by atoms with van der Waals surface area (Å²) >= 11 is 0. The Balaban J connectivity index is 1.93. The number of hydrogen-bond donors (Lipinski definition) is 0. The van der Waals surface area contributed by atoms with Crippen molar-refractivity contribution in [1.82, 2.24) is 4.90 Å². The monoisotopic (exact) mass is 153 g/mol. The summed E-state index contributed by atoms with van der Waals surface area (Å²) in [6, 6.07) is 0. The molecule has 11 heavy (non-hydrogen) atoms. The lowest BCUT2D eigenvalue weighted by atomic mass is 10.0. The van der Waals surface area contributed by atoms with Crippen LogP contribution in [0.25, 0.3) is 0 Å². The molecule has 2 fully saturated rings. The van der Waals surface area contributed by atoms with Crippen LogP contribution in [0, 0.1) is 17.8 Å². The highest BCUT2D eigenvalue weighted by atomic mass is 15.1. The molecule has 1 heterocycles. The first-order valence-corrected chi connectivity index (χ1v) is 5.02. The van der Waals surface area contributed by atoms with E-state index in [2.05, 4.69) is 18.7 Å². The minimum absolute atomic E-state index is 1.02. The van der Waals surface area contributed by atoms with Crippen molar-refractivity contribution in [2.75, 3.05) is 19.6 Å². The highest BCUT2D eigenvalue weighted by molar-refractivity contribution is 4.90. The predicted octanol–water partition coefficient (Wildman–Crippen LogP) is 1.98. The molecule has 1 aliphatic heterocycles. The molecule has 2 unspecified atom stereocenters. The minimum atomic E-state index is 1.02. The van der Waals surface area contributed by atoms with Crippen LogP contribution in [-0.2, 0) is 0 Å². The van der Waals surface area contributed by atoms with Crippen LogP contribution in [0.5, 0.6) is 0 Å². The van der Waals surface area contributed by atoms with Gasteiger partial charge in [-0.15, -0.1) is 0 Å². The van der Waals surface area contributed by atoms with Gasteiger partial charge in [-0.2, -0.15) is 0 Å². The molecule has 2 aliphatic rings. The topological polar surface area (TPSA) is 3.24 Å². The quantitative estimate of drug-likeness (QED) is 0.557. The van der Waals surface area contributed by atoms with Gasteiger partial charge < -0.3 is 4.90 Å². The second-order valence-corrected chi connectivity index (χ2v) is 4.45. The minimum Gasteiger partial charge on any atom is -0.303 e. The summed E-state index contributed by atoms with van der Waals surface area (Å²) in [6.45, 7) is 8.75. The fourth-order valence-corrected chi connectivity index (χ4v) is 2.96. The van der Waals surface area contributed by atoms with Crippen molar-refractivity contribution < 1.29 is 0 Å². The van der Waals surface area contributed by atoms with Crippen LogP contribution in [0.1, 0.15) is 26.7 Å². The molecule has 0 aromatic rings. The first-order valence-electron chi connectivity index (χ1n) is 5.02. The van der Waals surface area contributed by atoms with Gasteiger partial charge in [0.15, 0.2) is 0 Å². The second-order valence-electron chi connectivity index (χ2n) is 4.45. The average Bonchev–Trinajstić information content (AvgIpc) is 2.43. The van der Waals surface area contributed by atoms with Crippen molar-refractivity contribution in [3.8, 4) is 0 Å². The molecular weight excluding hydrogens is 134 g/mol. The van der Waals surface area contributed by atoms with Gasteiger partial charge in [-0.25, -0.2) is 0 Å². The Morgan fingerprint density at radius 2 is 1.73 bits per heavy atom. The Hall–Kier alpha value is -0.0400. The van der Waals surface area contributed by atoms with Gasteiger partial charge in [0, 0.05) is 13.1 Å². The molecule has 0 amide bonds. The summed E-state index contributed by atoms with van der Waals surface area (Å²) < 4.78 is 0. The van der Waals surface area contributed by atoms with Crippen molar-refractivity contribution in [3.63, 3.8) is 0 Å². The van der Waals surface area contributed by atoms with E-state index in [0.717, 1.165) is 17.8 Å². The molecule has 0 radical (unpaired) electrons. The first-order chi connectivity index (χ1) is 5.29. The smallest absolute Gasteiger partial charge is 0.00129 e. The Kier molecular flexibility index (Phi) is 1.92.